The summed E-state index contributed by atoms with van der Waals surface area (Å²) in [5, 5.41) is 8.84. The molecule has 0 heterocycles. The van der Waals surface area contributed by atoms with Gasteiger partial charge in [-0.3, -0.25) is 0 Å². The van der Waals surface area contributed by atoms with Crippen LogP contribution in [0.15, 0.2) is 23.1 Å². The Morgan fingerprint density at radius 3 is 2.25 bits per heavy atom. The molecule has 0 aliphatic rings. The topological polar surface area (TPSA) is 93.2 Å². The largest absolute Gasteiger partial charge is 0.573 e. The fraction of sp³-hybridized carbons (Fsp3) is 0.364. The van der Waals surface area contributed by atoms with Crippen LogP contribution in [-0.4, -0.2) is 19.5 Å². The molecular formula is C11H11F3N2O3S. The number of rotatable bonds is 3. The molecule has 0 atom stereocenters. The van der Waals surface area contributed by atoms with Crippen LogP contribution in [0.2, 0.25) is 0 Å². The number of hydrogen-bond donors (Lipinski definition) is 1. The van der Waals surface area contributed by atoms with Crippen LogP contribution in [0.5, 0.6) is 5.75 Å². The fourth-order valence-electron chi connectivity index (χ4n) is 1.30. The van der Waals surface area contributed by atoms with E-state index in [1.807, 2.05) is 0 Å². The fourth-order valence-corrected chi connectivity index (χ4v) is 2.57. The van der Waals surface area contributed by atoms with Crippen molar-refractivity contribution in [3.8, 4) is 11.8 Å². The Balaban J connectivity index is 3.39. The first kappa shape index (κ1) is 16.1. The van der Waals surface area contributed by atoms with Gasteiger partial charge in [0.05, 0.1) is 11.0 Å². The number of alkyl halides is 3. The smallest absolute Gasteiger partial charge is 0.406 e. The number of ether oxygens (including phenoxy) is 1. The van der Waals surface area contributed by atoms with E-state index < -0.39 is 31.6 Å². The molecule has 20 heavy (non-hydrogen) atoms. The standard InChI is InChI=1S/C11H11F3N2O3S/c1-10(2,6-15)20(17,18)9-4-7(16)3-8(5-9)19-11(12,13)14/h3-5H,16H2,1-2H3. The molecule has 0 unspecified atom stereocenters. The second-order valence-electron chi connectivity index (χ2n) is 4.41. The number of nitrogens with two attached hydrogens (primary N) is 1. The van der Waals surface area contributed by atoms with Crippen molar-refractivity contribution in [1.29, 1.82) is 5.26 Å². The lowest BCUT2D eigenvalue weighted by atomic mass is 10.2. The van der Waals surface area contributed by atoms with Crippen LogP contribution >= 0.6 is 0 Å². The van der Waals surface area contributed by atoms with Gasteiger partial charge < -0.3 is 10.5 Å². The number of sulfone groups is 1. The van der Waals surface area contributed by atoms with Gasteiger partial charge in [0.15, 0.2) is 14.6 Å². The molecule has 0 bridgehead atoms. The lowest BCUT2D eigenvalue weighted by Crippen LogP contribution is -2.30. The van der Waals surface area contributed by atoms with Gasteiger partial charge in [0.25, 0.3) is 0 Å². The van der Waals surface area contributed by atoms with Gasteiger partial charge in [-0.15, -0.1) is 13.2 Å². The van der Waals surface area contributed by atoms with Gasteiger partial charge in [-0.1, -0.05) is 0 Å². The van der Waals surface area contributed by atoms with Crippen molar-refractivity contribution in [3.63, 3.8) is 0 Å². The van der Waals surface area contributed by atoms with E-state index in [-0.39, 0.29) is 5.69 Å². The average Bonchev–Trinajstić information content (AvgIpc) is 2.25. The Bertz CT molecular complexity index is 660. The highest BCUT2D eigenvalue weighted by atomic mass is 32.2. The van der Waals surface area contributed by atoms with Gasteiger partial charge in [0.1, 0.15) is 5.75 Å². The zero-order valence-electron chi connectivity index (χ0n) is 10.5. The second-order valence-corrected chi connectivity index (χ2v) is 6.91. The molecule has 5 nitrogen and oxygen atoms in total. The average molecular weight is 308 g/mol. The van der Waals surface area contributed by atoms with Crippen LogP contribution in [0.25, 0.3) is 0 Å². The first-order valence-electron chi connectivity index (χ1n) is 5.21. The van der Waals surface area contributed by atoms with E-state index >= 15 is 0 Å². The van der Waals surface area contributed by atoms with Crippen molar-refractivity contribution in [1.82, 2.24) is 0 Å². The van der Waals surface area contributed by atoms with Crippen molar-refractivity contribution < 1.29 is 26.3 Å². The maximum absolute atomic E-state index is 12.1. The molecule has 0 radical (unpaired) electrons. The molecule has 0 spiro atoms. The summed E-state index contributed by atoms with van der Waals surface area (Å²) in [6.07, 6.45) is -4.97. The number of nitriles is 1. The van der Waals surface area contributed by atoms with Crippen LogP contribution in [0.1, 0.15) is 13.8 Å². The van der Waals surface area contributed by atoms with Crippen LogP contribution in [-0.2, 0) is 9.84 Å². The lowest BCUT2D eigenvalue weighted by molar-refractivity contribution is -0.274. The van der Waals surface area contributed by atoms with Crippen LogP contribution in [0.4, 0.5) is 18.9 Å². The van der Waals surface area contributed by atoms with Crippen LogP contribution < -0.4 is 10.5 Å². The van der Waals surface area contributed by atoms with E-state index in [2.05, 4.69) is 4.74 Å². The summed E-state index contributed by atoms with van der Waals surface area (Å²) in [7, 11) is -4.18. The molecule has 0 aliphatic heterocycles. The Kier molecular flexibility index (Phi) is 3.92. The van der Waals surface area contributed by atoms with Gasteiger partial charge >= 0.3 is 6.36 Å². The highest BCUT2D eigenvalue weighted by Crippen LogP contribution is 2.32. The Morgan fingerprint density at radius 2 is 1.80 bits per heavy atom. The van der Waals surface area contributed by atoms with E-state index in [1.54, 1.807) is 6.07 Å². The lowest BCUT2D eigenvalue weighted by Gasteiger charge is -2.18. The molecule has 0 saturated carbocycles. The Hall–Kier alpha value is -1.95. The monoisotopic (exact) mass is 308 g/mol. The third-order valence-corrected chi connectivity index (χ3v) is 4.68. The van der Waals surface area contributed by atoms with E-state index in [0.717, 1.165) is 26.0 Å². The number of halogens is 3. The molecule has 110 valence electrons. The summed E-state index contributed by atoms with van der Waals surface area (Å²) in [4.78, 5) is -0.511. The second kappa shape index (κ2) is 4.86. The van der Waals surface area contributed by atoms with E-state index in [1.165, 1.54) is 0 Å². The minimum Gasteiger partial charge on any atom is -0.406 e. The summed E-state index contributed by atoms with van der Waals surface area (Å²) in [5.41, 5.74) is 5.14. The summed E-state index contributed by atoms with van der Waals surface area (Å²) in [6.45, 7) is 2.27. The third-order valence-electron chi connectivity index (χ3n) is 2.39. The quantitative estimate of drug-likeness (QED) is 0.864. The van der Waals surface area contributed by atoms with Gasteiger partial charge in [-0.2, -0.15) is 5.26 Å². The maximum atomic E-state index is 12.1. The molecule has 9 heteroatoms. The number of hydrogen-bond acceptors (Lipinski definition) is 5. The van der Waals surface area contributed by atoms with E-state index in [4.69, 9.17) is 11.0 Å². The number of nitrogen functional groups attached to an aromatic ring is 1. The molecular weight excluding hydrogens is 297 g/mol. The first-order chi connectivity index (χ1) is 8.89. The summed E-state index contributed by atoms with van der Waals surface area (Å²) < 4.78 is 62.5. The van der Waals surface area contributed by atoms with Crippen molar-refractivity contribution in [2.75, 3.05) is 5.73 Å². The minimum absolute atomic E-state index is 0.223. The Morgan fingerprint density at radius 1 is 1.25 bits per heavy atom. The van der Waals surface area contributed by atoms with Crippen molar-refractivity contribution in [2.45, 2.75) is 29.9 Å². The molecule has 1 aromatic rings. The van der Waals surface area contributed by atoms with Crippen molar-refractivity contribution >= 4 is 15.5 Å². The highest BCUT2D eigenvalue weighted by molar-refractivity contribution is 7.93. The number of anilines is 1. The summed E-state index contributed by atoms with van der Waals surface area (Å²) in [5.74, 6) is -0.759. The molecule has 2 N–H and O–H groups in total. The summed E-state index contributed by atoms with van der Waals surface area (Å²) in [6, 6.07) is 4.06. The normalized spacial score (nSPS) is 12.8. The molecule has 0 amide bonds. The van der Waals surface area contributed by atoms with E-state index in [0.29, 0.717) is 6.07 Å². The summed E-state index contributed by atoms with van der Waals surface area (Å²) >= 11 is 0. The number of benzene rings is 1. The predicted octanol–water partition coefficient (Wildman–Crippen LogP) is 2.24. The Labute approximate surface area is 113 Å². The van der Waals surface area contributed by atoms with Crippen LogP contribution in [0.3, 0.4) is 0 Å². The number of nitrogens with zero attached hydrogens (tertiary/aromatic N) is 1. The van der Waals surface area contributed by atoms with Gasteiger partial charge in [-0.25, -0.2) is 8.42 Å². The molecule has 0 saturated heterocycles. The molecule has 0 fully saturated rings. The zero-order valence-corrected chi connectivity index (χ0v) is 11.3. The van der Waals surface area contributed by atoms with Crippen LogP contribution in [0, 0.1) is 11.3 Å². The molecule has 0 aliphatic carbocycles. The SMILES string of the molecule is CC(C)(C#N)S(=O)(=O)c1cc(N)cc(OC(F)(F)F)c1. The third kappa shape index (κ3) is 3.33. The first-order valence-corrected chi connectivity index (χ1v) is 6.69. The van der Waals surface area contributed by atoms with Gasteiger partial charge in [0, 0.05) is 11.8 Å². The molecule has 0 aromatic heterocycles. The van der Waals surface area contributed by atoms with Crippen molar-refractivity contribution in [2.24, 2.45) is 0 Å². The molecule has 1 aromatic carbocycles. The van der Waals surface area contributed by atoms with Gasteiger partial charge in [0.2, 0.25) is 0 Å². The minimum atomic E-state index is -4.97. The predicted molar refractivity (Wildman–Crippen MR) is 64.4 cm³/mol. The van der Waals surface area contributed by atoms with Gasteiger partial charge in [-0.05, 0) is 26.0 Å². The van der Waals surface area contributed by atoms with Crippen molar-refractivity contribution in [3.05, 3.63) is 18.2 Å². The maximum Gasteiger partial charge on any atom is 0.573 e. The zero-order chi connectivity index (χ0) is 15.8. The van der Waals surface area contributed by atoms with E-state index in [9.17, 15) is 21.6 Å². The highest BCUT2D eigenvalue weighted by Gasteiger charge is 2.37. The molecule has 1 rings (SSSR count).